The van der Waals surface area contributed by atoms with Crippen molar-refractivity contribution in [2.24, 2.45) is 0 Å². The number of amides is 1. The second kappa shape index (κ2) is 6.61. The molecule has 1 aliphatic heterocycles. The second-order valence-corrected chi connectivity index (χ2v) is 7.02. The zero-order chi connectivity index (χ0) is 16.4. The topological polar surface area (TPSA) is 42.4 Å². The van der Waals surface area contributed by atoms with E-state index in [9.17, 15) is 4.79 Å². The third-order valence-electron chi connectivity index (χ3n) is 4.32. The average molecular weight is 338 g/mol. The fourth-order valence-electron chi connectivity index (χ4n) is 3.03. The molecule has 3 heterocycles. The molecule has 0 saturated carbocycles. The number of carbonyl (C=O) groups excluding carboxylic acids is 1. The number of carbonyl (C=O) groups is 1. The fraction of sp³-hybridized carbons (Fsp3) is 0.263. The number of thiophene rings is 1. The highest BCUT2D eigenvalue weighted by Crippen LogP contribution is 2.27. The largest absolute Gasteiger partial charge is 0.490 e. The lowest BCUT2D eigenvalue weighted by atomic mass is 10.1. The van der Waals surface area contributed by atoms with Crippen LogP contribution in [0.4, 0.5) is 0 Å². The number of hydrogen-bond acceptors (Lipinski definition) is 4. The Morgan fingerprint density at radius 3 is 2.62 bits per heavy atom. The molecule has 0 unspecified atom stereocenters. The maximum Gasteiger partial charge on any atom is 0.263 e. The van der Waals surface area contributed by atoms with E-state index in [0.717, 1.165) is 46.6 Å². The van der Waals surface area contributed by atoms with Crippen LogP contribution in [-0.4, -0.2) is 35.0 Å². The molecule has 5 heteroatoms. The molecule has 0 bridgehead atoms. The van der Waals surface area contributed by atoms with E-state index < -0.39 is 0 Å². The molecule has 122 valence electrons. The average Bonchev–Trinajstić information content (AvgIpc) is 3.07. The van der Waals surface area contributed by atoms with Crippen molar-refractivity contribution in [3.63, 3.8) is 0 Å². The van der Waals surface area contributed by atoms with E-state index in [4.69, 9.17) is 4.74 Å². The van der Waals surface area contributed by atoms with Crippen LogP contribution >= 0.6 is 11.3 Å². The van der Waals surface area contributed by atoms with Gasteiger partial charge in [0.2, 0.25) is 0 Å². The van der Waals surface area contributed by atoms with Crippen molar-refractivity contribution in [2.45, 2.75) is 18.9 Å². The summed E-state index contributed by atoms with van der Waals surface area (Å²) in [6.45, 7) is 1.48. The zero-order valence-electron chi connectivity index (χ0n) is 13.2. The molecule has 2 aromatic heterocycles. The molecule has 24 heavy (non-hydrogen) atoms. The number of benzene rings is 1. The Kier molecular flexibility index (Phi) is 4.17. The number of rotatable bonds is 3. The predicted molar refractivity (Wildman–Crippen MR) is 95.6 cm³/mol. The molecule has 0 aliphatic carbocycles. The molecule has 0 radical (unpaired) electrons. The number of piperidine rings is 1. The molecule has 1 amide bonds. The summed E-state index contributed by atoms with van der Waals surface area (Å²) in [5.41, 5.74) is 0. The summed E-state index contributed by atoms with van der Waals surface area (Å²) in [4.78, 5) is 19.5. The van der Waals surface area contributed by atoms with E-state index in [2.05, 4.69) is 17.1 Å². The Hall–Kier alpha value is -2.40. The van der Waals surface area contributed by atoms with Gasteiger partial charge < -0.3 is 9.64 Å². The van der Waals surface area contributed by atoms with Crippen molar-refractivity contribution in [2.75, 3.05) is 13.1 Å². The smallest absolute Gasteiger partial charge is 0.263 e. The van der Waals surface area contributed by atoms with Crippen LogP contribution < -0.4 is 4.74 Å². The van der Waals surface area contributed by atoms with E-state index >= 15 is 0 Å². The van der Waals surface area contributed by atoms with Crippen molar-refractivity contribution >= 4 is 27.3 Å². The van der Waals surface area contributed by atoms with E-state index in [0.29, 0.717) is 0 Å². The fourth-order valence-corrected chi connectivity index (χ4v) is 4.06. The standard InChI is InChI=1S/C19H18N2O2S/c22-19(18-13-14-3-1-2-4-17(14)24-18)21-11-7-16(8-12-21)23-15-5-9-20-10-6-15/h1-6,9-10,13,16H,7-8,11-12H2. The van der Waals surface area contributed by atoms with Gasteiger partial charge >= 0.3 is 0 Å². The summed E-state index contributed by atoms with van der Waals surface area (Å²) in [6.07, 6.45) is 5.35. The van der Waals surface area contributed by atoms with Crippen LogP contribution in [0.5, 0.6) is 5.75 Å². The first-order chi connectivity index (χ1) is 11.8. The molecule has 1 aromatic carbocycles. The first-order valence-corrected chi connectivity index (χ1v) is 8.96. The van der Waals surface area contributed by atoms with Gasteiger partial charge in [-0.05, 0) is 29.7 Å². The van der Waals surface area contributed by atoms with Gasteiger partial charge in [0.05, 0.1) is 4.88 Å². The number of aromatic nitrogens is 1. The minimum absolute atomic E-state index is 0.138. The van der Waals surface area contributed by atoms with Gasteiger partial charge in [-0.25, -0.2) is 0 Å². The van der Waals surface area contributed by atoms with E-state index in [1.54, 1.807) is 23.7 Å². The Balaban J connectivity index is 1.39. The van der Waals surface area contributed by atoms with Gasteiger partial charge in [0.15, 0.2) is 0 Å². The molecule has 3 aromatic rings. The Labute approximate surface area is 144 Å². The molecule has 4 rings (SSSR count). The second-order valence-electron chi connectivity index (χ2n) is 5.94. The lowest BCUT2D eigenvalue weighted by Crippen LogP contribution is -2.41. The van der Waals surface area contributed by atoms with Crippen LogP contribution in [0.1, 0.15) is 22.5 Å². The van der Waals surface area contributed by atoms with Gasteiger partial charge in [-0.15, -0.1) is 11.3 Å². The molecule has 1 aliphatic rings. The molecule has 0 atom stereocenters. The highest BCUT2D eigenvalue weighted by Gasteiger charge is 2.25. The number of hydrogen-bond donors (Lipinski definition) is 0. The number of ether oxygens (including phenoxy) is 1. The first kappa shape index (κ1) is 15.1. The van der Waals surface area contributed by atoms with Gasteiger partial charge in [0.25, 0.3) is 5.91 Å². The molecule has 0 spiro atoms. The third kappa shape index (κ3) is 3.12. The summed E-state index contributed by atoms with van der Waals surface area (Å²) in [5.74, 6) is 0.984. The normalized spacial score (nSPS) is 15.6. The summed E-state index contributed by atoms with van der Waals surface area (Å²) in [7, 11) is 0. The van der Waals surface area contributed by atoms with Crippen molar-refractivity contribution in [3.8, 4) is 5.75 Å². The van der Waals surface area contributed by atoms with E-state index in [-0.39, 0.29) is 12.0 Å². The quantitative estimate of drug-likeness (QED) is 0.725. The van der Waals surface area contributed by atoms with Crippen LogP contribution in [0.3, 0.4) is 0 Å². The SMILES string of the molecule is O=C(c1cc2ccccc2s1)N1CCC(Oc2ccncc2)CC1. The van der Waals surface area contributed by atoms with Crippen molar-refractivity contribution in [1.82, 2.24) is 9.88 Å². The maximum absolute atomic E-state index is 12.7. The number of nitrogens with zero attached hydrogens (tertiary/aromatic N) is 2. The Morgan fingerprint density at radius 1 is 1.12 bits per heavy atom. The van der Waals surface area contributed by atoms with Gasteiger partial charge in [0, 0.05) is 43.0 Å². The molecule has 1 fully saturated rings. The highest BCUT2D eigenvalue weighted by molar-refractivity contribution is 7.20. The van der Waals surface area contributed by atoms with Gasteiger partial charge in [-0.2, -0.15) is 0 Å². The van der Waals surface area contributed by atoms with Crippen LogP contribution in [-0.2, 0) is 0 Å². The summed E-state index contributed by atoms with van der Waals surface area (Å²) in [6, 6.07) is 13.9. The summed E-state index contributed by atoms with van der Waals surface area (Å²) >= 11 is 1.57. The van der Waals surface area contributed by atoms with E-state index in [1.807, 2.05) is 35.2 Å². The lowest BCUT2D eigenvalue weighted by Gasteiger charge is -2.31. The Morgan fingerprint density at radius 2 is 1.88 bits per heavy atom. The minimum Gasteiger partial charge on any atom is -0.490 e. The van der Waals surface area contributed by atoms with Crippen molar-refractivity contribution in [1.29, 1.82) is 0 Å². The first-order valence-electron chi connectivity index (χ1n) is 8.14. The van der Waals surface area contributed by atoms with Crippen LogP contribution in [0.25, 0.3) is 10.1 Å². The molecule has 4 nitrogen and oxygen atoms in total. The van der Waals surface area contributed by atoms with Crippen LogP contribution in [0, 0.1) is 0 Å². The highest BCUT2D eigenvalue weighted by atomic mass is 32.1. The Bertz CT molecular complexity index is 806. The monoisotopic (exact) mass is 338 g/mol. The number of pyridine rings is 1. The number of fused-ring (bicyclic) bond motifs is 1. The van der Waals surface area contributed by atoms with Crippen LogP contribution in [0.2, 0.25) is 0 Å². The molecule has 0 N–H and O–H groups in total. The van der Waals surface area contributed by atoms with Gasteiger partial charge in [0.1, 0.15) is 11.9 Å². The molecular weight excluding hydrogens is 320 g/mol. The maximum atomic E-state index is 12.7. The number of likely N-dealkylation sites (tertiary alicyclic amines) is 1. The third-order valence-corrected chi connectivity index (χ3v) is 5.42. The zero-order valence-corrected chi connectivity index (χ0v) is 14.0. The molecule has 1 saturated heterocycles. The molecular formula is C19H18N2O2S. The van der Waals surface area contributed by atoms with E-state index in [1.165, 1.54) is 0 Å². The predicted octanol–water partition coefficient (Wildman–Crippen LogP) is 3.98. The van der Waals surface area contributed by atoms with Crippen molar-refractivity contribution in [3.05, 3.63) is 59.7 Å². The van der Waals surface area contributed by atoms with Crippen molar-refractivity contribution < 1.29 is 9.53 Å². The van der Waals surface area contributed by atoms with Gasteiger partial charge in [-0.1, -0.05) is 18.2 Å². The van der Waals surface area contributed by atoms with Crippen LogP contribution in [0.15, 0.2) is 54.9 Å². The summed E-state index contributed by atoms with van der Waals surface area (Å²) in [5, 5.41) is 1.14. The minimum atomic E-state index is 0.138. The van der Waals surface area contributed by atoms with Gasteiger partial charge in [-0.3, -0.25) is 9.78 Å². The summed E-state index contributed by atoms with van der Waals surface area (Å²) < 4.78 is 7.13. The lowest BCUT2D eigenvalue weighted by molar-refractivity contribution is 0.0600.